The monoisotopic (exact) mass is 249 g/mol. The first-order valence-corrected chi connectivity index (χ1v) is 6.87. The van der Waals surface area contributed by atoms with E-state index in [0.717, 1.165) is 26.1 Å². The molecule has 4 heteroatoms. The van der Waals surface area contributed by atoms with E-state index in [1.54, 1.807) is 0 Å². The molecule has 1 N–H and O–H groups in total. The summed E-state index contributed by atoms with van der Waals surface area (Å²) < 4.78 is 2.01. The fourth-order valence-corrected chi connectivity index (χ4v) is 2.62. The van der Waals surface area contributed by atoms with Crippen LogP contribution in [0.5, 0.6) is 0 Å². The van der Waals surface area contributed by atoms with Crippen molar-refractivity contribution in [1.29, 1.82) is 0 Å². The van der Waals surface area contributed by atoms with E-state index in [1.165, 1.54) is 15.3 Å². The molecule has 2 aromatic rings. The summed E-state index contributed by atoms with van der Waals surface area (Å²) in [6, 6.07) is 4.36. The van der Waals surface area contributed by atoms with E-state index in [4.69, 9.17) is 0 Å². The molecule has 0 unspecified atom stereocenters. The Morgan fingerprint density at radius 1 is 1.35 bits per heavy atom. The van der Waals surface area contributed by atoms with Crippen LogP contribution >= 0.6 is 11.3 Å². The lowest BCUT2D eigenvalue weighted by atomic mass is 10.3. The normalized spacial score (nSPS) is 10.9. The number of thiophene rings is 1. The minimum absolute atomic E-state index is 0.890. The van der Waals surface area contributed by atoms with Crippen molar-refractivity contribution >= 4 is 11.3 Å². The number of rotatable bonds is 6. The SMILES string of the molecule is CCCn1cc(CNCc2ccc(C)s2)cn1. The lowest BCUT2D eigenvalue weighted by Gasteiger charge is -2.00. The van der Waals surface area contributed by atoms with Crippen molar-refractivity contribution in [1.82, 2.24) is 15.1 Å². The number of hydrogen-bond acceptors (Lipinski definition) is 3. The highest BCUT2D eigenvalue weighted by atomic mass is 32.1. The third kappa shape index (κ3) is 3.68. The second kappa shape index (κ2) is 5.98. The zero-order valence-corrected chi connectivity index (χ0v) is 11.3. The zero-order chi connectivity index (χ0) is 12.1. The van der Waals surface area contributed by atoms with Gasteiger partial charge in [0, 0.05) is 41.1 Å². The van der Waals surface area contributed by atoms with Crippen molar-refractivity contribution in [3.8, 4) is 0 Å². The molecule has 2 aromatic heterocycles. The molecule has 0 atom stereocenters. The summed E-state index contributed by atoms with van der Waals surface area (Å²) in [7, 11) is 0. The Morgan fingerprint density at radius 3 is 2.94 bits per heavy atom. The number of nitrogens with one attached hydrogen (secondary N) is 1. The van der Waals surface area contributed by atoms with Crippen LogP contribution in [0.1, 0.15) is 28.7 Å². The van der Waals surface area contributed by atoms with E-state index in [1.807, 2.05) is 22.2 Å². The predicted molar refractivity (Wildman–Crippen MR) is 72.1 cm³/mol. The van der Waals surface area contributed by atoms with Crippen molar-refractivity contribution in [2.24, 2.45) is 0 Å². The molecule has 0 spiro atoms. The van der Waals surface area contributed by atoms with E-state index >= 15 is 0 Å². The highest BCUT2D eigenvalue weighted by molar-refractivity contribution is 7.11. The van der Waals surface area contributed by atoms with Gasteiger partial charge >= 0.3 is 0 Å². The zero-order valence-electron chi connectivity index (χ0n) is 10.4. The van der Waals surface area contributed by atoms with Gasteiger partial charge in [0.05, 0.1) is 6.20 Å². The largest absolute Gasteiger partial charge is 0.308 e. The lowest BCUT2D eigenvalue weighted by molar-refractivity contribution is 0.601. The van der Waals surface area contributed by atoms with Gasteiger partial charge in [-0.05, 0) is 25.5 Å². The smallest absolute Gasteiger partial charge is 0.0534 e. The Balaban J connectivity index is 1.77. The third-order valence-corrected chi connectivity index (χ3v) is 3.56. The minimum atomic E-state index is 0.890. The Kier molecular flexibility index (Phi) is 4.34. The van der Waals surface area contributed by atoms with E-state index in [-0.39, 0.29) is 0 Å². The molecule has 0 aliphatic carbocycles. The maximum atomic E-state index is 4.31. The van der Waals surface area contributed by atoms with Crippen molar-refractivity contribution < 1.29 is 0 Å². The molecule has 0 fully saturated rings. The van der Waals surface area contributed by atoms with Crippen LogP contribution in [0.3, 0.4) is 0 Å². The molecule has 17 heavy (non-hydrogen) atoms. The van der Waals surface area contributed by atoms with Gasteiger partial charge in [-0.25, -0.2) is 0 Å². The van der Waals surface area contributed by atoms with Gasteiger partial charge in [0.15, 0.2) is 0 Å². The van der Waals surface area contributed by atoms with Gasteiger partial charge in [0.25, 0.3) is 0 Å². The van der Waals surface area contributed by atoms with Gasteiger partial charge in [0.2, 0.25) is 0 Å². The fourth-order valence-electron chi connectivity index (χ4n) is 1.76. The molecule has 3 nitrogen and oxygen atoms in total. The first kappa shape index (κ1) is 12.3. The Bertz CT molecular complexity index is 459. The number of aromatic nitrogens is 2. The predicted octanol–water partition coefficient (Wildman–Crippen LogP) is 2.95. The van der Waals surface area contributed by atoms with Crippen LogP contribution in [0.2, 0.25) is 0 Å². The molecule has 0 aliphatic rings. The summed E-state index contributed by atoms with van der Waals surface area (Å²) in [4.78, 5) is 2.76. The molecule has 0 aromatic carbocycles. The average Bonchev–Trinajstić information content (AvgIpc) is 2.89. The van der Waals surface area contributed by atoms with Crippen molar-refractivity contribution in [2.45, 2.75) is 39.9 Å². The maximum Gasteiger partial charge on any atom is 0.0534 e. The lowest BCUT2D eigenvalue weighted by Crippen LogP contribution is -2.11. The van der Waals surface area contributed by atoms with Gasteiger partial charge in [-0.1, -0.05) is 6.92 Å². The standard InChI is InChI=1S/C13H19N3S/c1-3-6-16-10-12(8-15-16)7-14-9-13-5-4-11(2)17-13/h4-5,8,10,14H,3,6-7,9H2,1-2H3. The molecule has 2 heterocycles. The minimum Gasteiger partial charge on any atom is -0.308 e. The fraction of sp³-hybridized carbons (Fsp3) is 0.462. The van der Waals surface area contributed by atoms with Crippen LogP contribution in [-0.2, 0) is 19.6 Å². The quantitative estimate of drug-likeness (QED) is 0.853. The molecule has 0 aliphatic heterocycles. The van der Waals surface area contributed by atoms with Gasteiger partial charge in [-0.2, -0.15) is 5.10 Å². The van der Waals surface area contributed by atoms with E-state index in [9.17, 15) is 0 Å². The highest BCUT2D eigenvalue weighted by Crippen LogP contribution is 2.14. The van der Waals surface area contributed by atoms with Crippen molar-refractivity contribution in [2.75, 3.05) is 0 Å². The summed E-state index contributed by atoms with van der Waals surface area (Å²) in [5, 5.41) is 7.76. The molecule has 92 valence electrons. The van der Waals surface area contributed by atoms with Crippen LogP contribution in [0.15, 0.2) is 24.5 Å². The van der Waals surface area contributed by atoms with Crippen LogP contribution in [0.4, 0.5) is 0 Å². The summed E-state index contributed by atoms with van der Waals surface area (Å²) in [6.07, 6.45) is 5.20. The van der Waals surface area contributed by atoms with Crippen molar-refractivity contribution in [3.63, 3.8) is 0 Å². The molecule has 0 bridgehead atoms. The summed E-state index contributed by atoms with van der Waals surface area (Å²) in [5.74, 6) is 0. The Morgan fingerprint density at radius 2 is 2.24 bits per heavy atom. The highest BCUT2D eigenvalue weighted by Gasteiger charge is 1.99. The Hall–Kier alpha value is -1.13. The molecular weight excluding hydrogens is 230 g/mol. The maximum absolute atomic E-state index is 4.31. The Labute approximate surface area is 106 Å². The first-order valence-electron chi connectivity index (χ1n) is 6.05. The number of nitrogens with zero attached hydrogens (tertiary/aromatic N) is 2. The molecule has 2 rings (SSSR count). The van der Waals surface area contributed by atoms with Gasteiger partial charge in [-0.3, -0.25) is 4.68 Å². The van der Waals surface area contributed by atoms with Crippen LogP contribution < -0.4 is 5.32 Å². The molecule has 0 saturated carbocycles. The molecule has 0 radical (unpaired) electrons. The third-order valence-electron chi connectivity index (χ3n) is 2.56. The second-order valence-corrected chi connectivity index (χ2v) is 5.60. The van der Waals surface area contributed by atoms with Gasteiger partial charge in [-0.15, -0.1) is 11.3 Å². The molecule has 0 amide bonds. The number of hydrogen-bond donors (Lipinski definition) is 1. The van der Waals surface area contributed by atoms with Crippen LogP contribution in [0, 0.1) is 6.92 Å². The molecule has 0 saturated heterocycles. The van der Waals surface area contributed by atoms with E-state index < -0.39 is 0 Å². The van der Waals surface area contributed by atoms with Crippen LogP contribution in [0.25, 0.3) is 0 Å². The number of aryl methyl sites for hydroxylation is 2. The van der Waals surface area contributed by atoms with Gasteiger partial charge in [0.1, 0.15) is 0 Å². The first-order chi connectivity index (χ1) is 8.28. The average molecular weight is 249 g/mol. The van der Waals surface area contributed by atoms with Crippen molar-refractivity contribution in [3.05, 3.63) is 39.8 Å². The molecular formula is C13H19N3S. The van der Waals surface area contributed by atoms with E-state index in [0.29, 0.717) is 0 Å². The van der Waals surface area contributed by atoms with Gasteiger partial charge < -0.3 is 5.32 Å². The second-order valence-electron chi connectivity index (χ2n) is 4.23. The topological polar surface area (TPSA) is 29.9 Å². The van der Waals surface area contributed by atoms with Crippen LogP contribution in [-0.4, -0.2) is 9.78 Å². The summed E-state index contributed by atoms with van der Waals surface area (Å²) >= 11 is 1.85. The summed E-state index contributed by atoms with van der Waals surface area (Å²) in [6.45, 7) is 7.14. The van der Waals surface area contributed by atoms with E-state index in [2.05, 4.69) is 42.6 Å². The summed E-state index contributed by atoms with van der Waals surface area (Å²) in [5.41, 5.74) is 1.26.